The number of aromatic amines is 1. The van der Waals surface area contributed by atoms with Gasteiger partial charge in [-0.25, -0.2) is 0 Å². The van der Waals surface area contributed by atoms with Gasteiger partial charge in [-0.05, 0) is 26.7 Å². The molecule has 2 fully saturated rings. The fourth-order valence-electron chi connectivity index (χ4n) is 3.86. The van der Waals surface area contributed by atoms with E-state index in [9.17, 15) is 0 Å². The molecule has 2 aromatic heterocycles. The van der Waals surface area contributed by atoms with Crippen molar-refractivity contribution in [2.45, 2.75) is 45.2 Å². The summed E-state index contributed by atoms with van der Waals surface area (Å²) in [4.78, 5) is 2.53. The minimum absolute atomic E-state index is 0.273. The second kappa shape index (κ2) is 5.76. The van der Waals surface area contributed by atoms with Crippen LogP contribution in [0, 0.1) is 13.8 Å². The molecule has 4 rings (SSSR count). The molecule has 2 aromatic rings. The zero-order valence-corrected chi connectivity index (χ0v) is 14.2. The molecule has 3 heterocycles. The van der Waals surface area contributed by atoms with Crippen molar-refractivity contribution in [3.8, 4) is 0 Å². The molecular weight excluding hydrogens is 290 g/mol. The van der Waals surface area contributed by atoms with Gasteiger partial charge in [0.2, 0.25) is 0 Å². The Bertz CT molecular complexity index is 680. The maximum Gasteiger partial charge on any atom is 0.0665 e. The van der Waals surface area contributed by atoms with Crippen molar-refractivity contribution in [3.63, 3.8) is 0 Å². The van der Waals surface area contributed by atoms with Crippen molar-refractivity contribution in [1.29, 1.82) is 0 Å². The first kappa shape index (κ1) is 14.9. The third kappa shape index (κ3) is 2.70. The molecule has 0 spiro atoms. The lowest BCUT2D eigenvalue weighted by Crippen LogP contribution is -2.39. The van der Waals surface area contributed by atoms with E-state index in [4.69, 9.17) is 4.74 Å². The average molecular weight is 315 g/mol. The molecule has 1 aliphatic carbocycles. The summed E-state index contributed by atoms with van der Waals surface area (Å²) in [5, 5.41) is 12.0. The smallest absolute Gasteiger partial charge is 0.0665 e. The molecule has 0 radical (unpaired) electrons. The van der Waals surface area contributed by atoms with Crippen LogP contribution >= 0.6 is 0 Å². The summed E-state index contributed by atoms with van der Waals surface area (Å²) in [7, 11) is 2.07. The lowest BCUT2D eigenvalue weighted by atomic mass is 10.0. The summed E-state index contributed by atoms with van der Waals surface area (Å²) in [6, 6.07) is 0.273. The molecule has 1 aliphatic heterocycles. The molecule has 124 valence electrons. The summed E-state index contributed by atoms with van der Waals surface area (Å²) < 4.78 is 7.84. The van der Waals surface area contributed by atoms with Gasteiger partial charge in [0.15, 0.2) is 0 Å². The molecule has 1 N–H and O–H groups in total. The van der Waals surface area contributed by atoms with Crippen molar-refractivity contribution in [3.05, 3.63) is 34.4 Å². The number of aromatic nitrogens is 4. The van der Waals surface area contributed by atoms with E-state index in [0.29, 0.717) is 0 Å². The van der Waals surface area contributed by atoms with E-state index in [2.05, 4.69) is 52.0 Å². The van der Waals surface area contributed by atoms with E-state index in [1.807, 2.05) is 0 Å². The molecule has 6 nitrogen and oxygen atoms in total. The van der Waals surface area contributed by atoms with E-state index in [1.54, 1.807) is 0 Å². The highest BCUT2D eigenvalue weighted by Gasteiger charge is 2.33. The highest BCUT2D eigenvalue weighted by molar-refractivity contribution is 5.29. The number of hydrogen-bond acceptors (Lipinski definition) is 4. The number of ether oxygens (including phenoxy) is 1. The molecule has 1 unspecified atom stereocenters. The zero-order chi connectivity index (χ0) is 16.0. The summed E-state index contributed by atoms with van der Waals surface area (Å²) in [5.41, 5.74) is 6.33. The number of hydrogen-bond donors (Lipinski definition) is 1. The Labute approximate surface area is 136 Å². The molecule has 6 heteroatoms. The zero-order valence-electron chi connectivity index (χ0n) is 14.2. The van der Waals surface area contributed by atoms with Gasteiger partial charge in [0.25, 0.3) is 0 Å². The van der Waals surface area contributed by atoms with Gasteiger partial charge < -0.3 is 4.74 Å². The molecule has 0 bridgehead atoms. The van der Waals surface area contributed by atoms with Crippen LogP contribution in [0.15, 0.2) is 6.20 Å². The fraction of sp³-hybridized carbons (Fsp3) is 0.647. The number of nitrogens with one attached hydrogen (secondary N) is 1. The van der Waals surface area contributed by atoms with Crippen LogP contribution in [0.5, 0.6) is 0 Å². The van der Waals surface area contributed by atoms with Crippen LogP contribution in [0.2, 0.25) is 0 Å². The van der Waals surface area contributed by atoms with Crippen molar-refractivity contribution >= 4 is 0 Å². The first-order chi connectivity index (χ1) is 11.1. The van der Waals surface area contributed by atoms with Gasteiger partial charge in [-0.1, -0.05) is 0 Å². The Hall–Kier alpha value is -1.66. The number of nitrogens with zero attached hydrogens (tertiary/aromatic N) is 4. The fourth-order valence-corrected chi connectivity index (χ4v) is 3.86. The van der Waals surface area contributed by atoms with Gasteiger partial charge in [-0.3, -0.25) is 14.7 Å². The van der Waals surface area contributed by atoms with E-state index < -0.39 is 0 Å². The molecule has 2 aliphatic rings. The van der Waals surface area contributed by atoms with Crippen LogP contribution in [0.4, 0.5) is 0 Å². The first-order valence-corrected chi connectivity index (χ1v) is 8.49. The Morgan fingerprint density at radius 2 is 2.17 bits per heavy atom. The first-order valence-electron chi connectivity index (χ1n) is 8.49. The van der Waals surface area contributed by atoms with Gasteiger partial charge in [0.1, 0.15) is 0 Å². The van der Waals surface area contributed by atoms with Crippen LogP contribution in [-0.2, 0) is 18.3 Å². The molecule has 0 aromatic carbocycles. The van der Waals surface area contributed by atoms with Crippen molar-refractivity contribution < 1.29 is 4.74 Å². The van der Waals surface area contributed by atoms with Crippen molar-refractivity contribution in [2.24, 2.45) is 7.05 Å². The van der Waals surface area contributed by atoms with E-state index in [0.717, 1.165) is 43.6 Å². The molecule has 1 saturated carbocycles. The Morgan fingerprint density at radius 3 is 2.87 bits per heavy atom. The maximum absolute atomic E-state index is 5.77. The lowest BCUT2D eigenvalue weighted by Gasteiger charge is -2.36. The lowest BCUT2D eigenvalue weighted by molar-refractivity contribution is -0.0132. The minimum atomic E-state index is 0.273. The van der Waals surface area contributed by atoms with E-state index in [1.165, 1.54) is 29.7 Å². The van der Waals surface area contributed by atoms with Crippen LogP contribution < -0.4 is 0 Å². The van der Waals surface area contributed by atoms with E-state index in [-0.39, 0.29) is 6.04 Å². The predicted molar refractivity (Wildman–Crippen MR) is 87.2 cm³/mol. The Balaban J connectivity index is 1.61. The molecule has 1 saturated heterocycles. The quantitative estimate of drug-likeness (QED) is 0.940. The van der Waals surface area contributed by atoms with Crippen LogP contribution in [0.3, 0.4) is 0 Å². The highest BCUT2D eigenvalue weighted by Crippen LogP contribution is 2.42. The second-order valence-electron chi connectivity index (χ2n) is 6.86. The maximum atomic E-state index is 5.77. The third-order valence-electron chi connectivity index (χ3n) is 5.16. The number of H-pyrrole nitrogens is 1. The standard InChI is InChI=1S/C17H25N5O/c1-11-16(12(2)20-19-11)15-10-23-7-6-22(15)9-14-8-18-21(3)17(14)13-4-5-13/h8,13,15H,4-7,9-10H2,1-3H3,(H,19,20). The summed E-state index contributed by atoms with van der Waals surface area (Å²) in [6.45, 7) is 7.60. The largest absolute Gasteiger partial charge is 0.378 e. The normalized spacial score (nSPS) is 22.7. The number of morpholine rings is 1. The van der Waals surface area contributed by atoms with Gasteiger partial charge in [-0.2, -0.15) is 10.2 Å². The van der Waals surface area contributed by atoms with Crippen molar-refractivity contribution in [2.75, 3.05) is 19.8 Å². The predicted octanol–water partition coefficient (Wildman–Crippen LogP) is 2.21. The molecule has 23 heavy (non-hydrogen) atoms. The van der Waals surface area contributed by atoms with E-state index >= 15 is 0 Å². The topological polar surface area (TPSA) is 59.0 Å². The summed E-state index contributed by atoms with van der Waals surface area (Å²) in [5.74, 6) is 0.717. The van der Waals surface area contributed by atoms with Crippen LogP contribution in [0.1, 0.15) is 53.0 Å². The molecule has 1 atom stereocenters. The highest BCUT2D eigenvalue weighted by atomic mass is 16.5. The SMILES string of the molecule is Cc1n[nH]c(C)c1C1COCCN1Cc1cnn(C)c1C1CC1. The van der Waals surface area contributed by atoms with Crippen LogP contribution in [-0.4, -0.2) is 44.6 Å². The summed E-state index contributed by atoms with van der Waals surface area (Å²) >= 11 is 0. The number of rotatable bonds is 4. The third-order valence-corrected chi connectivity index (χ3v) is 5.16. The van der Waals surface area contributed by atoms with Gasteiger partial charge in [-0.15, -0.1) is 0 Å². The monoisotopic (exact) mass is 315 g/mol. The molecular formula is C17H25N5O. The Morgan fingerprint density at radius 1 is 1.35 bits per heavy atom. The minimum Gasteiger partial charge on any atom is -0.378 e. The molecule has 0 amide bonds. The van der Waals surface area contributed by atoms with Gasteiger partial charge >= 0.3 is 0 Å². The average Bonchev–Trinajstić information content (AvgIpc) is 3.23. The van der Waals surface area contributed by atoms with Gasteiger partial charge in [0.05, 0.1) is 31.1 Å². The Kier molecular flexibility index (Phi) is 3.73. The van der Waals surface area contributed by atoms with Crippen molar-refractivity contribution in [1.82, 2.24) is 24.9 Å². The second-order valence-corrected chi connectivity index (χ2v) is 6.86. The van der Waals surface area contributed by atoms with Crippen LogP contribution in [0.25, 0.3) is 0 Å². The summed E-state index contributed by atoms with van der Waals surface area (Å²) in [6.07, 6.45) is 4.66. The number of aryl methyl sites for hydroxylation is 3. The van der Waals surface area contributed by atoms with Gasteiger partial charge in [0, 0.05) is 48.6 Å².